The molecule has 6 nitrogen and oxygen atoms in total. The molecule has 0 aliphatic carbocycles. The molecule has 1 fully saturated rings. The number of anilines is 2. The minimum atomic E-state index is -0.0636. The summed E-state index contributed by atoms with van der Waals surface area (Å²) in [6.45, 7) is 3.57. The Bertz CT molecular complexity index is 1130. The lowest BCUT2D eigenvalue weighted by Gasteiger charge is -2.34. The molecule has 0 saturated carbocycles. The zero-order valence-corrected chi connectivity index (χ0v) is 18.4. The van der Waals surface area contributed by atoms with Gasteiger partial charge in [-0.05, 0) is 41.4 Å². The van der Waals surface area contributed by atoms with E-state index in [4.69, 9.17) is 11.6 Å². The zero-order chi connectivity index (χ0) is 20.0. The van der Waals surface area contributed by atoms with Gasteiger partial charge in [-0.1, -0.05) is 23.7 Å². The summed E-state index contributed by atoms with van der Waals surface area (Å²) >= 11 is 7.83. The van der Waals surface area contributed by atoms with Crippen LogP contribution < -0.4 is 10.2 Å². The van der Waals surface area contributed by atoms with Gasteiger partial charge in [0, 0.05) is 42.8 Å². The number of fused-ring (bicyclic) bond motifs is 2. The standard InChI is InChI=1S/C21H19ClN4O2S.ClH/c22-16-11-17-13(10-20(28)23-17)9-15(16)18(27)12-25-5-7-26(8-6-25)21-14-3-1-2-4-19(14)29-24-21;/h1-4,9,11H,5-8,10,12H2,(H,23,28);1H. The lowest BCUT2D eigenvalue weighted by atomic mass is 10.0. The molecule has 1 aromatic heterocycles. The van der Waals surface area contributed by atoms with Crippen molar-refractivity contribution >= 4 is 68.8 Å². The summed E-state index contributed by atoms with van der Waals surface area (Å²) in [5, 5.41) is 4.34. The highest BCUT2D eigenvalue weighted by Gasteiger charge is 2.25. The van der Waals surface area contributed by atoms with Gasteiger partial charge in [-0.3, -0.25) is 14.5 Å². The average Bonchev–Trinajstić information content (AvgIpc) is 3.30. The Labute approximate surface area is 189 Å². The van der Waals surface area contributed by atoms with Gasteiger partial charge in [0.2, 0.25) is 5.91 Å². The molecule has 30 heavy (non-hydrogen) atoms. The molecule has 2 aliphatic heterocycles. The normalized spacial score (nSPS) is 16.3. The number of amides is 1. The number of ketones is 1. The molecule has 9 heteroatoms. The fraction of sp³-hybridized carbons (Fsp3) is 0.286. The van der Waals surface area contributed by atoms with Crippen LogP contribution in [0.2, 0.25) is 5.02 Å². The molecule has 0 unspecified atom stereocenters. The van der Waals surface area contributed by atoms with Crippen LogP contribution in [0.3, 0.4) is 0 Å². The number of benzene rings is 2. The van der Waals surface area contributed by atoms with Crippen LogP contribution in [0, 0.1) is 0 Å². The average molecular weight is 463 g/mol. The maximum atomic E-state index is 12.8. The highest BCUT2D eigenvalue weighted by molar-refractivity contribution is 7.13. The summed E-state index contributed by atoms with van der Waals surface area (Å²) < 4.78 is 5.83. The topological polar surface area (TPSA) is 65.5 Å². The molecule has 1 N–H and O–H groups in total. The van der Waals surface area contributed by atoms with Crippen molar-refractivity contribution in [1.29, 1.82) is 0 Å². The second kappa shape index (κ2) is 8.51. The zero-order valence-electron chi connectivity index (χ0n) is 16.1. The van der Waals surface area contributed by atoms with E-state index in [0.29, 0.717) is 29.2 Å². The summed E-state index contributed by atoms with van der Waals surface area (Å²) in [5.74, 6) is 0.964. The van der Waals surface area contributed by atoms with E-state index in [9.17, 15) is 9.59 Å². The summed E-state index contributed by atoms with van der Waals surface area (Å²) in [6, 6.07) is 11.7. The van der Waals surface area contributed by atoms with Gasteiger partial charge in [-0.15, -0.1) is 12.4 Å². The van der Waals surface area contributed by atoms with Crippen molar-refractivity contribution in [2.45, 2.75) is 6.42 Å². The number of carbonyl (C=O) groups excluding carboxylic acids is 2. The largest absolute Gasteiger partial charge is 0.353 e. The van der Waals surface area contributed by atoms with Crippen LogP contribution in [0.5, 0.6) is 0 Å². The Balaban J connectivity index is 0.00000218. The van der Waals surface area contributed by atoms with Crippen LogP contribution in [-0.4, -0.2) is 53.7 Å². The Morgan fingerprint density at radius 3 is 2.73 bits per heavy atom. The molecule has 0 radical (unpaired) electrons. The molecule has 2 aliphatic rings. The number of halogens is 2. The molecule has 3 aromatic rings. The first-order valence-electron chi connectivity index (χ1n) is 9.55. The van der Waals surface area contributed by atoms with Gasteiger partial charge in [0.05, 0.1) is 22.7 Å². The number of piperazine rings is 1. The predicted molar refractivity (Wildman–Crippen MR) is 124 cm³/mol. The lowest BCUT2D eigenvalue weighted by molar-refractivity contribution is -0.115. The predicted octanol–water partition coefficient (Wildman–Crippen LogP) is 3.87. The third-order valence-electron chi connectivity index (χ3n) is 5.52. The second-order valence-corrected chi connectivity index (χ2v) is 8.62. The summed E-state index contributed by atoms with van der Waals surface area (Å²) in [5.41, 5.74) is 2.04. The van der Waals surface area contributed by atoms with Gasteiger partial charge >= 0.3 is 0 Å². The fourth-order valence-corrected chi connectivity index (χ4v) is 5.03. The first-order chi connectivity index (χ1) is 14.1. The fourth-order valence-electron chi connectivity index (χ4n) is 3.97. The van der Waals surface area contributed by atoms with Crippen LogP contribution >= 0.6 is 35.5 Å². The van der Waals surface area contributed by atoms with Crippen molar-refractivity contribution in [1.82, 2.24) is 9.27 Å². The molecule has 0 atom stereocenters. The number of nitrogens with zero attached hydrogens (tertiary/aromatic N) is 3. The molecular formula is C21H20Cl2N4O2S. The van der Waals surface area contributed by atoms with Gasteiger partial charge in [-0.2, -0.15) is 4.37 Å². The smallest absolute Gasteiger partial charge is 0.228 e. The molecule has 3 heterocycles. The van der Waals surface area contributed by atoms with Crippen molar-refractivity contribution in [3.63, 3.8) is 0 Å². The Morgan fingerprint density at radius 1 is 1.17 bits per heavy atom. The van der Waals surface area contributed by atoms with E-state index in [1.807, 2.05) is 12.1 Å². The number of nitrogens with one attached hydrogen (secondary N) is 1. The van der Waals surface area contributed by atoms with Crippen LogP contribution in [0.15, 0.2) is 36.4 Å². The minimum absolute atomic E-state index is 0. The van der Waals surface area contributed by atoms with Crippen LogP contribution in [0.1, 0.15) is 15.9 Å². The quantitative estimate of drug-likeness (QED) is 0.596. The number of Topliss-reactive ketones (excluding diaryl/α,β-unsaturated/α-hetero) is 1. The van der Waals surface area contributed by atoms with Gasteiger partial charge < -0.3 is 10.2 Å². The van der Waals surface area contributed by atoms with Gasteiger partial charge in [0.15, 0.2) is 5.78 Å². The second-order valence-electron chi connectivity index (χ2n) is 7.40. The maximum Gasteiger partial charge on any atom is 0.228 e. The van der Waals surface area contributed by atoms with E-state index in [2.05, 4.69) is 31.6 Å². The van der Waals surface area contributed by atoms with E-state index in [-0.39, 0.29) is 24.1 Å². The van der Waals surface area contributed by atoms with Crippen molar-refractivity contribution in [3.8, 4) is 0 Å². The van der Waals surface area contributed by atoms with E-state index >= 15 is 0 Å². The van der Waals surface area contributed by atoms with E-state index < -0.39 is 0 Å². The van der Waals surface area contributed by atoms with Crippen molar-refractivity contribution in [2.24, 2.45) is 0 Å². The minimum Gasteiger partial charge on any atom is -0.353 e. The maximum absolute atomic E-state index is 12.8. The molecule has 156 valence electrons. The highest BCUT2D eigenvalue weighted by Crippen LogP contribution is 2.31. The van der Waals surface area contributed by atoms with Crippen molar-refractivity contribution < 1.29 is 9.59 Å². The van der Waals surface area contributed by atoms with Crippen molar-refractivity contribution in [3.05, 3.63) is 52.5 Å². The highest BCUT2D eigenvalue weighted by atomic mass is 35.5. The molecule has 1 amide bonds. The molecular weight excluding hydrogens is 443 g/mol. The van der Waals surface area contributed by atoms with Crippen LogP contribution in [0.4, 0.5) is 11.5 Å². The first kappa shape index (κ1) is 21.1. The lowest BCUT2D eigenvalue weighted by Crippen LogP contribution is -2.48. The molecule has 0 bridgehead atoms. The van der Waals surface area contributed by atoms with Gasteiger partial charge in [-0.25, -0.2) is 0 Å². The Kier molecular flexibility index (Phi) is 5.97. The molecule has 1 saturated heterocycles. The third kappa shape index (κ3) is 3.90. The molecule has 2 aromatic carbocycles. The Morgan fingerprint density at radius 2 is 1.93 bits per heavy atom. The SMILES string of the molecule is Cl.O=C1Cc2cc(C(=O)CN3CCN(c4nsc5ccccc45)CC3)c(Cl)cc2N1. The van der Waals surface area contributed by atoms with Crippen LogP contribution in [0.25, 0.3) is 10.1 Å². The number of aromatic nitrogens is 1. The summed E-state index contributed by atoms with van der Waals surface area (Å²) in [6.07, 6.45) is 0.299. The van der Waals surface area contributed by atoms with E-state index in [1.54, 1.807) is 12.1 Å². The summed E-state index contributed by atoms with van der Waals surface area (Å²) in [4.78, 5) is 28.9. The van der Waals surface area contributed by atoms with Gasteiger partial charge in [0.1, 0.15) is 5.82 Å². The Hall–Kier alpha value is -2.19. The van der Waals surface area contributed by atoms with Gasteiger partial charge in [0.25, 0.3) is 0 Å². The monoisotopic (exact) mass is 462 g/mol. The third-order valence-corrected chi connectivity index (χ3v) is 6.65. The first-order valence-corrected chi connectivity index (χ1v) is 10.7. The number of carbonyl (C=O) groups is 2. The van der Waals surface area contributed by atoms with E-state index in [0.717, 1.165) is 37.6 Å². The number of hydrogen-bond donors (Lipinski definition) is 1. The molecule has 0 spiro atoms. The number of rotatable bonds is 4. The van der Waals surface area contributed by atoms with Crippen LogP contribution in [-0.2, 0) is 11.2 Å². The van der Waals surface area contributed by atoms with E-state index in [1.165, 1.54) is 21.6 Å². The molecule has 5 rings (SSSR count). The number of hydrogen-bond acceptors (Lipinski definition) is 6. The van der Waals surface area contributed by atoms with Crippen molar-refractivity contribution in [2.75, 3.05) is 42.9 Å². The summed E-state index contributed by atoms with van der Waals surface area (Å²) in [7, 11) is 0.